The third kappa shape index (κ3) is 3.29. The minimum absolute atomic E-state index is 0.121. The number of hydrogen-bond donors (Lipinski definition) is 1. The summed E-state index contributed by atoms with van der Waals surface area (Å²) in [4.78, 5) is 29.4. The number of carbonyl (C=O) groups is 1. The lowest BCUT2D eigenvalue weighted by Gasteiger charge is -2.08. The van der Waals surface area contributed by atoms with Gasteiger partial charge >= 0.3 is 0 Å². The molecule has 0 spiro atoms. The van der Waals surface area contributed by atoms with Gasteiger partial charge in [-0.05, 0) is 36.1 Å². The van der Waals surface area contributed by atoms with Gasteiger partial charge in [0.25, 0.3) is 5.56 Å². The number of aromatic nitrogens is 2. The minimum atomic E-state index is -0.453. The fourth-order valence-corrected chi connectivity index (χ4v) is 3.06. The molecule has 5 nitrogen and oxygen atoms in total. The Morgan fingerprint density at radius 1 is 1.39 bits per heavy atom. The molecule has 0 radical (unpaired) electrons. The van der Waals surface area contributed by atoms with Crippen LogP contribution in [0.15, 0.2) is 40.8 Å². The first kappa shape index (κ1) is 15.4. The predicted octanol–water partition coefficient (Wildman–Crippen LogP) is 2.22. The van der Waals surface area contributed by atoms with Gasteiger partial charge in [0, 0.05) is 10.9 Å². The van der Waals surface area contributed by atoms with E-state index in [0.717, 1.165) is 10.4 Å². The number of rotatable bonds is 4. The number of aryl methyl sites for hydroxylation is 1. The first-order chi connectivity index (χ1) is 11.0. The molecule has 3 aromatic rings. The van der Waals surface area contributed by atoms with Crippen LogP contribution in [0.5, 0.6) is 0 Å². The Morgan fingerprint density at radius 2 is 2.22 bits per heavy atom. The van der Waals surface area contributed by atoms with Crippen molar-refractivity contribution < 1.29 is 9.18 Å². The predicted molar refractivity (Wildman–Crippen MR) is 86.9 cm³/mol. The maximum absolute atomic E-state index is 13.1. The standard InChI is InChI=1S/C16H14FN3O2S/c1-10-4-5-23-14(10)7-18-15(21)8-20-9-19-13-6-11(17)2-3-12(13)16(20)22/h2-6,9H,7-8H2,1H3,(H,18,21). The lowest BCUT2D eigenvalue weighted by Crippen LogP contribution is -2.32. The largest absolute Gasteiger partial charge is 0.350 e. The van der Waals surface area contributed by atoms with Gasteiger partial charge < -0.3 is 5.32 Å². The molecule has 2 heterocycles. The van der Waals surface area contributed by atoms with Crippen LogP contribution in [0.4, 0.5) is 4.39 Å². The lowest BCUT2D eigenvalue weighted by molar-refractivity contribution is -0.121. The molecule has 3 rings (SSSR count). The molecule has 118 valence electrons. The van der Waals surface area contributed by atoms with Crippen LogP contribution in [-0.2, 0) is 17.9 Å². The van der Waals surface area contributed by atoms with Crippen molar-refractivity contribution in [3.8, 4) is 0 Å². The van der Waals surface area contributed by atoms with E-state index in [1.54, 1.807) is 11.3 Å². The van der Waals surface area contributed by atoms with Gasteiger partial charge in [0.15, 0.2) is 0 Å². The molecule has 0 saturated heterocycles. The molecule has 0 aliphatic carbocycles. The van der Waals surface area contributed by atoms with E-state index in [4.69, 9.17) is 0 Å². The SMILES string of the molecule is Cc1ccsc1CNC(=O)Cn1cnc2cc(F)ccc2c1=O. The highest BCUT2D eigenvalue weighted by Crippen LogP contribution is 2.14. The fraction of sp³-hybridized carbons (Fsp3) is 0.188. The highest BCUT2D eigenvalue weighted by atomic mass is 32.1. The lowest BCUT2D eigenvalue weighted by atomic mass is 10.2. The van der Waals surface area contributed by atoms with Crippen molar-refractivity contribution in [2.75, 3.05) is 0 Å². The molecule has 0 saturated carbocycles. The molecule has 0 aliphatic rings. The van der Waals surface area contributed by atoms with Gasteiger partial charge in [-0.1, -0.05) is 0 Å². The van der Waals surface area contributed by atoms with E-state index in [9.17, 15) is 14.0 Å². The Morgan fingerprint density at radius 3 is 2.96 bits per heavy atom. The Hall–Kier alpha value is -2.54. The highest BCUT2D eigenvalue weighted by Gasteiger charge is 2.09. The van der Waals surface area contributed by atoms with Crippen LogP contribution in [0, 0.1) is 12.7 Å². The van der Waals surface area contributed by atoms with Crippen molar-refractivity contribution >= 4 is 28.1 Å². The number of nitrogens with zero attached hydrogens (tertiary/aromatic N) is 2. The van der Waals surface area contributed by atoms with Crippen LogP contribution in [0.1, 0.15) is 10.4 Å². The Kier molecular flexibility index (Phi) is 4.20. The van der Waals surface area contributed by atoms with E-state index in [-0.39, 0.29) is 28.9 Å². The summed E-state index contributed by atoms with van der Waals surface area (Å²) >= 11 is 1.57. The molecule has 1 aromatic carbocycles. The summed E-state index contributed by atoms with van der Waals surface area (Å²) in [6.45, 7) is 2.29. The summed E-state index contributed by atoms with van der Waals surface area (Å²) in [5, 5.41) is 5.04. The topological polar surface area (TPSA) is 64.0 Å². The third-order valence-electron chi connectivity index (χ3n) is 3.52. The highest BCUT2D eigenvalue weighted by molar-refractivity contribution is 7.10. The molecule has 0 fully saturated rings. The molecule has 7 heteroatoms. The maximum Gasteiger partial charge on any atom is 0.261 e. The van der Waals surface area contributed by atoms with Gasteiger partial charge in [-0.3, -0.25) is 14.2 Å². The summed E-state index contributed by atoms with van der Waals surface area (Å²) in [5.41, 5.74) is 1.04. The van der Waals surface area contributed by atoms with Gasteiger partial charge in [0.2, 0.25) is 5.91 Å². The van der Waals surface area contributed by atoms with Crippen molar-refractivity contribution in [3.05, 3.63) is 62.6 Å². The number of hydrogen-bond acceptors (Lipinski definition) is 4. The van der Waals surface area contributed by atoms with E-state index in [1.807, 2.05) is 18.4 Å². The first-order valence-corrected chi connectivity index (χ1v) is 7.87. The van der Waals surface area contributed by atoms with E-state index >= 15 is 0 Å². The molecule has 0 bridgehead atoms. The second-order valence-electron chi connectivity index (χ2n) is 5.14. The average Bonchev–Trinajstić information content (AvgIpc) is 2.93. The summed E-state index contributed by atoms with van der Waals surface area (Å²) in [5.74, 6) is -0.727. The van der Waals surface area contributed by atoms with Crippen LogP contribution in [-0.4, -0.2) is 15.5 Å². The number of nitrogens with one attached hydrogen (secondary N) is 1. The summed E-state index contributed by atoms with van der Waals surface area (Å²) in [6, 6.07) is 5.77. The summed E-state index contributed by atoms with van der Waals surface area (Å²) < 4.78 is 14.4. The second-order valence-corrected chi connectivity index (χ2v) is 6.14. The van der Waals surface area contributed by atoms with Gasteiger partial charge in [0.05, 0.1) is 23.8 Å². The van der Waals surface area contributed by atoms with Gasteiger partial charge in [-0.15, -0.1) is 11.3 Å². The molecular weight excluding hydrogens is 317 g/mol. The fourth-order valence-electron chi connectivity index (χ4n) is 2.22. The molecule has 0 atom stereocenters. The molecule has 0 aliphatic heterocycles. The molecule has 0 unspecified atom stereocenters. The summed E-state index contributed by atoms with van der Waals surface area (Å²) in [7, 11) is 0. The van der Waals surface area contributed by atoms with Gasteiger partial charge in [-0.2, -0.15) is 0 Å². The van der Waals surface area contributed by atoms with Crippen LogP contribution in [0.25, 0.3) is 10.9 Å². The van der Waals surface area contributed by atoms with Crippen molar-refractivity contribution in [1.82, 2.24) is 14.9 Å². The van der Waals surface area contributed by atoms with Crippen LogP contribution >= 0.6 is 11.3 Å². The smallest absolute Gasteiger partial charge is 0.261 e. The molecule has 1 N–H and O–H groups in total. The van der Waals surface area contributed by atoms with E-state index < -0.39 is 5.82 Å². The molecular formula is C16H14FN3O2S. The second kappa shape index (κ2) is 6.29. The summed E-state index contributed by atoms with van der Waals surface area (Å²) in [6.07, 6.45) is 1.26. The zero-order valence-electron chi connectivity index (χ0n) is 12.4. The van der Waals surface area contributed by atoms with Crippen molar-refractivity contribution in [3.63, 3.8) is 0 Å². The number of thiophene rings is 1. The Labute approximate surface area is 135 Å². The number of fused-ring (bicyclic) bond motifs is 1. The zero-order chi connectivity index (χ0) is 16.4. The van der Waals surface area contributed by atoms with Gasteiger partial charge in [0.1, 0.15) is 12.4 Å². The zero-order valence-corrected chi connectivity index (χ0v) is 13.2. The number of halogens is 1. The molecule has 1 amide bonds. The number of carbonyl (C=O) groups excluding carboxylic acids is 1. The van der Waals surface area contributed by atoms with E-state index in [1.165, 1.54) is 29.1 Å². The van der Waals surface area contributed by atoms with Crippen molar-refractivity contribution in [2.45, 2.75) is 20.0 Å². The van der Waals surface area contributed by atoms with Gasteiger partial charge in [-0.25, -0.2) is 9.37 Å². The third-order valence-corrected chi connectivity index (χ3v) is 4.54. The van der Waals surface area contributed by atoms with Crippen molar-refractivity contribution in [2.24, 2.45) is 0 Å². The Balaban J connectivity index is 1.75. The van der Waals surface area contributed by atoms with E-state index in [0.29, 0.717) is 6.54 Å². The van der Waals surface area contributed by atoms with Crippen molar-refractivity contribution in [1.29, 1.82) is 0 Å². The molecule has 2 aromatic heterocycles. The normalized spacial score (nSPS) is 10.9. The maximum atomic E-state index is 13.1. The monoisotopic (exact) mass is 331 g/mol. The Bertz CT molecular complexity index is 932. The van der Waals surface area contributed by atoms with E-state index in [2.05, 4.69) is 10.3 Å². The quantitative estimate of drug-likeness (QED) is 0.797. The molecule has 23 heavy (non-hydrogen) atoms. The van der Waals surface area contributed by atoms with Crippen LogP contribution < -0.4 is 10.9 Å². The number of amides is 1. The number of benzene rings is 1. The average molecular weight is 331 g/mol. The van der Waals surface area contributed by atoms with Crippen LogP contribution in [0.2, 0.25) is 0 Å². The minimum Gasteiger partial charge on any atom is -0.350 e. The van der Waals surface area contributed by atoms with Crippen LogP contribution in [0.3, 0.4) is 0 Å². The first-order valence-electron chi connectivity index (χ1n) is 6.99.